The van der Waals surface area contributed by atoms with Gasteiger partial charge in [0, 0.05) is 60.1 Å². The van der Waals surface area contributed by atoms with Crippen LogP contribution in [-0.4, -0.2) is 18.5 Å². The molecule has 0 N–H and O–H groups in total. The molecule has 8 nitrogen and oxygen atoms in total. The number of aromatic nitrogens is 5. The third-order valence-corrected chi connectivity index (χ3v) is 12.0. The van der Waals surface area contributed by atoms with Crippen molar-refractivity contribution in [3.8, 4) is 34.8 Å². The van der Waals surface area contributed by atoms with Crippen LogP contribution in [0.15, 0.2) is 146 Å². The quantitative estimate of drug-likeness (QED) is 0.127. The smallest absolute Gasteiger partial charge is 0.268 e. The molecule has 0 amide bonds. The number of para-hydroxylation sites is 4. The van der Waals surface area contributed by atoms with Crippen LogP contribution in [0, 0.1) is 36.4 Å². The molecule has 0 spiro atoms. The largest absolute Gasteiger partial charge is 0.511 e. The maximum Gasteiger partial charge on any atom is 0.268 e. The molecule has 7 aromatic carbocycles. The average molecular weight is 991 g/mol. The van der Waals surface area contributed by atoms with Crippen LogP contribution in [0.25, 0.3) is 93.0 Å². The van der Waals surface area contributed by atoms with Gasteiger partial charge in [-0.2, -0.15) is 17.4 Å². The molecule has 0 bridgehead atoms. The average Bonchev–Trinajstić information content (AvgIpc) is 4.04. The first-order valence-electron chi connectivity index (χ1n) is 20.4. The predicted octanol–water partition coefficient (Wildman–Crippen LogP) is 12.5. The Bertz CT molecular complexity index is 3840. The number of hydrogen-bond donors (Lipinski definition) is 0. The van der Waals surface area contributed by atoms with Gasteiger partial charge >= 0.3 is 0 Å². The summed E-state index contributed by atoms with van der Waals surface area (Å²) in [5, 5.41) is 16.4. The van der Waals surface area contributed by atoms with Gasteiger partial charge in [-0.1, -0.05) is 92.6 Å². The Hall–Kier alpha value is -7.77. The van der Waals surface area contributed by atoms with Crippen molar-refractivity contribution in [1.29, 1.82) is 5.26 Å². The number of nitrogens with zero attached hydrogens (tertiary/aromatic N) is 7. The summed E-state index contributed by atoms with van der Waals surface area (Å²) in [6, 6.07) is 56.3. The van der Waals surface area contributed by atoms with Crippen molar-refractivity contribution in [3.63, 3.8) is 0 Å². The van der Waals surface area contributed by atoms with Crippen molar-refractivity contribution >= 4 is 76.6 Å². The van der Waals surface area contributed by atoms with Crippen LogP contribution < -0.4 is 9.30 Å². The van der Waals surface area contributed by atoms with Gasteiger partial charge in [-0.25, -0.2) is 4.98 Å². The second-order valence-corrected chi connectivity index (χ2v) is 16.7. The van der Waals surface area contributed by atoms with E-state index in [1.165, 1.54) is 38.1 Å². The monoisotopic (exact) mass is 990 g/mol. The van der Waals surface area contributed by atoms with E-state index >= 15 is 0 Å². The molecular weight excluding hydrogens is 958 g/mol. The number of ether oxygens (including phenoxy) is 1. The molecule has 9 heteroatoms. The van der Waals surface area contributed by atoms with E-state index in [-0.39, 0.29) is 26.5 Å². The first-order valence-corrected chi connectivity index (χ1v) is 20.4. The Morgan fingerprint density at radius 3 is 2.13 bits per heavy atom. The van der Waals surface area contributed by atoms with Gasteiger partial charge in [0.25, 0.3) is 6.33 Å². The predicted molar refractivity (Wildman–Crippen MR) is 244 cm³/mol. The number of pyridine rings is 1. The maximum atomic E-state index is 9.79. The molecule has 63 heavy (non-hydrogen) atoms. The van der Waals surface area contributed by atoms with Gasteiger partial charge in [0.1, 0.15) is 5.82 Å². The molecular formula is C54H33N7OPt-2. The van der Waals surface area contributed by atoms with E-state index in [4.69, 9.17) is 16.3 Å². The van der Waals surface area contributed by atoms with Crippen LogP contribution in [-0.2, 0) is 26.5 Å². The summed E-state index contributed by atoms with van der Waals surface area (Å²) in [6.45, 7) is 14.6. The van der Waals surface area contributed by atoms with Crippen molar-refractivity contribution in [2.24, 2.45) is 0 Å². The van der Waals surface area contributed by atoms with Gasteiger partial charge in [-0.3, -0.25) is 9.41 Å². The normalized spacial score (nSPS) is 11.9. The van der Waals surface area contributed by atoms with Crippen molar-refractivity contribution in [2.45, 2.75) is 26.2 Å². The minimum Gasteiger partial charge on any atom is -0.511 e. The first-order chi connectivity index (χ1) is 30.2. The Kier molecular flexibility index (Phi) is 8.57. The zero-order valence-electron chi connectivity index (χ0n) is 34.2. The molecule has 302 valence electrons. The Morgan fingerprint density at radius 1 is 0.698 bits per heavy atom. The SMILES string of the molecule is [C-]#[N+]c1cc(Oc2[c-]c3c(cc2)c2cc(C#N)ccc2n3-c2cc(C(C)(C)C)ccn2)[c-]c(-n2[c-][n+](-c3cc4c5ccccc5n5c6ccccc6c(c3)c45)c3ccccc32)c1.[Pt]. The molecule has 5 aromatic heterocycles. The third-order valence-electron chi connectivity index (χ3n) is 12.0. The number of rotatable bonds is 5. The third kappa shape index (κ3) is 5.83. The summed E-state index contributed by atoms with van der Waals surface area (Å²) in [5.41, 5.74) is 10.7. The maximum absolute atomic E-state index is 9.79. The molecule has 0 aliphatic carbocycles. The molecule has 0 saturated carbocycles. The van der Waals surface area contributed by atoms with Crippen LogP contribution in [0.1, 0.15) is 31.9 Å². The summed E-state index contributed by atoms with van der Waals surface area (Å²) in [4.78, 5) is 8.66. The number of fused-ring (bicyclic) bond motifs is 10. The molecule has 5 heterocycles. The van der Waals surface area contributed by atoms with Crippen LogP contribution in [0.2, 0.25) is 0 Å². The van der Waals surface area contributed by atoms with Crippen molar-refractivity contribution < 1.29 is 30.4 Å². The summed E-state index contributed by atoms with van der Waals surface area (Å²) < 4.78 is 15.1. The van der Waals surface area contributed by atoms with Gasteiger partial charge in [0.05, 0.1) is 57.2 Å². The fraction of sp³-hybridized carbons (Fsp3) is 0.0741. The van der Waals surface area contributed by atoms with Gasteiger partial charge in [-0.15, -0.1) is 29.7 Å². The molecule has 12 rings (SSSR count). The molecule has 0 radical (unpaired) electrons. The molecule has 0 atom stereocenters. The summed E-state index contributed by atoms with van der Waals surface area (Å²) >= 11 is 0. The Balaban J connectivity index is 0.00000444. The number of nitriles is 1. The topological polar surface area (TPSA) is 68.4 Å². The zero-order valence-corrected chi connectivity index (χ0v) is 36.5. The molecule has 0 aliphatic rings. The van der Waals surface area contributed by atoms with Crippen molar-refractivity contribution in [3.05, 3.63) is 187 Å². The zero-order chi connectivity index (χ0) is 41.9. The Labute approximate surface area is 376 Å². The van der Waals surface area contributed by atoms with Crippen molar-refractivity contribution in [2.75, 3.05) is 0 Å². The van der Waals surface area contributed by atoms with Crippen LogP contribution in [0.5, 0.6) is 11.5 Å². The summed E-state index contributed by atoms with van der Waals surface area (Å²) in [7, 11) is 0. The Morgan fingerprint density at radius 2 is 1.41 bits per heavy atom. The van der Waals surface area contributed by atoms with Crippen LogP contribution in [0.4, 0.5) is 5.69 Å². The second kappa shape index (κ2) is 14.1. The van der Waals surface area contributed by atoms with E-state index in [2.05, 4.69) is 143 Å². The van der Waals surface area contributed by atoms with Gasteiger partial charge in [-0.05, 0) is 76.7 Å². The van der Waals surface area contributed by atoms with Crippen molar-refractivity contribution in [1.82, 2.24) is 18.5 Å². The van der Waals surface area contributed by atoms with E-state index in [9.17, 15) is 5.26 Å². The minimum atomic E-state index is -0.0936. The fourth-order valence-electron chi connectivity index (χ4n) is 9.17. The van der Waals surface area contributed by atoms with E-state index in [1.807, 2.05) is 65.4 Å². The molecule has 12 aromatic rings. The number of benzene rings is 7. The summed E-state index contributed by atoms with van der Waals surface area (Å²) in [6.07, 6.45) is 5.48. The van der Waals surface area contributed by atoms with Gasteiger partial charge in [0.2, 0.25) is 0 Å². The molecule has 0 aliphatic heterocycles. The second-order valence-electron chi connectivity index (χ2n) is 16.7. The van der Waals surface area contributed by atoms with Crippen LogP contribution in [0.3, 0.4) is 0 Å². The van der Waals surface area contributed by atoms with Crippen LogP contribution >= 0.6 is 0 Å². The number of imidazole rings is 1. The first kappa shape index (κ1) is 38.2. The van der Waals surface area contributed by atoms with Gasteiger partial charge < -0.3 is 18.3 Å². The van der Waals surface area contributed by atoms with Gasteiger partial charge in [0.15, 0.2) is 0 Å². The van der Waals surface area contributed by atoms with E-state index in [1.54, 1.807) is 6.07 Å². The molecule has 0 saturated heterocycles. The minimum absolute atomic E-state index is 0. The van der Waals surface area contributed by atoms with E-state index in [0.29, 0.717) is 28.4 Å². The summed E-state index contributed by atoms with van der Waals surface area (Å²) in [5.74, 6) is 1.55. The fourth-order valence-corrected chi connectivity index (χ4v) is 9.17. The van der Waals surface area contributed by atoms with E-state index < -0.39 is 0 Å². The van der Waals surface area contributed by atoms with E-state index in [0.717, 1.165) is 49.9 Å². The molecule has 0 unspecified atom stereocenters. The standard InChI is InChI=1S/C54H33N7O.Pt/c1-54(2,3)34-21-22-57-52(24-34)60-48-20-17-33(31-55)23-43(48)42-19-18-38(30-51(42)60)62-39-26-35(56-4)25-36(27-39)58-32-59(50-16-10-9-15-49(50)58)37-28-44-40-11-5-7-13-46(40)61-47-14-8-6-12-41(47)45(29-37)53(44)61;/h5-26,28-29H,1-3H3;/q-2;. The molecule has 0 fully saturated rings. The number of hydrogen-bond acceptors (Lipinski definition) is 3.